The molecule has 0 aliphatic heterocycles. The van der Waals surface area contributed by atoms with Crippen molar-refractivity contribution >= 4 is 11.9 Å². The van der Waals surface area contributed by atoms with Gasteiger partial charge in [0.05, 0.1) is 5.92 Å². The number of nitrogens with two attached hydrogens (primary N) is 1. The summed E-state index contributed by atoms with van der Waals surface area (Å²) in [5.41, 5.74) is 1.99. The molecule has 2 unspecified atom stereocenters. The molecule has 0 aliphatic rings. The van der Waals surface area contributed by atoms with Crippen LogP contribution in [0.5, 0.6) is 0 Å². The number of carboxylic acids is 1. The monoisotopic (exact) mass is 270 g/mol. The van der Waals surface area contributed by atoms with Gasteiger partial charge in [-0.3, -0.25) is 9.59 Å². The van der Waals surface area contributed by atoms with Crippen molar-refractivity contribution < 1.29 is 27.9 Å². The third-order valence-electron chi connectivity index (χ3n) is 2.62. The van der Waals surface area contributed by atoms with Crippen molar-refractivity contribution in [3.8, 4) is 0 Å². The lowest BCUT2D eigenvalue weighted by Crippen LogP contribution is -2.62. The van der Waals surface area contributed by atoms with Gasteiger partial charge >= 0.3 is 12.1 Å². The molecule has 0 aliphatic carbocycles. The van der Waals surface area contributed by atoms with E-state index >= 15 is 0 Å². The molecule has 0 aromatic heterocycles. The average Bonchev–Trinajstić information content (AvgIpc) is 2.22. The van der Waals surface area contributed by atoms with Crippen LogP contribution in [0.25, 0.3) is 0 Å². The number of carbonyl (C=O) groups excluding carboxylic acids is 1. The van der Waals surface area contributed by atoms with Crippen molar-refractivity contribution in [1.82, 2.24) is 4.90 Å². The number of aliphatic carboxylic acids is 1. The number of hydrogen-bond donors (Lipinski definition) is 2. The Morgan fingerprint density at radius 3 is 2.11 bits per heavy atom. The molecular weight excluding hydrogens is 253 g/mol. The van der Waals surface area contributed by atoms with Gasteiger partial charge < -0.3 is 15.7 Å². The van der Waals surface area contributed by atoms with Gasteiger partial charge in [-0.05, 0) is 13.8 Å². The number of likely N-dealkylation sites (N-methyl/N-ethyl adjacent to an activating group) is 1. The maximum absolute atomic E-state index is 12.6. The van der Waals surface area contributed by atoms with Crippen molar-refractivity contribution in [2.24, 2.45) is 11.7 Å². The van der Waals surface area contributed by atoms with Crippen LogP contribution in [-0.2, 0) is 9.59 Å². The van der Waals surface area contributed by atoms with Crippen LogP contribution < -0.4 is 5.73 Å². The highest BCUT2D eigenvalue weighted by Crippen LogP contribution is 2.29. The van der Waals surface area contributed by atoms with Gasteiger partial charge in [-0.1, -0.05) is 6.92 Å². The van der Waals surface area contributed by atoms with Gasteiger partial charge in [0.1, 0.15) is 0 Å². The number of nitrogens with zero attached hydrogens (tertiary/aromatic N) is 1. The summed E-state index contributed by atoms with van der Waals surface area (Å²) in [5, 5.41) is 8.68. The van der Waals surface area contributed by atoms with E-state index < -0.39 is 29.5 Å². The Morgan fingerprint density at radius 1 is 1.39 bits per heavy atom. The number of carboxylic acid groups (broad SMARTS) is 1. The molecule has 0 spiro atoms. The van der Waals surface area contributed by atoms with Gasteiger partial charge in [-0.2, -0.15) is 13.2 Å². The number of alkyl halides is 3. The van der Waals surface area contributed by atoms with Crippen LogP contribution >= 0.6 is 0 Å². The highest BCUT2D eigenvalue weighted by molar-refractivity contribution is 5.87. The van der Waals surface area contributed by atoms with Gasteiger partial charge in [-0.15, -0.1) is 0 Å². The van der Waals surface area contributed by atoms with E-state index in [0.717, 1.165) is 4.90 Å². The minimum absolute atomic E-state index is 0.0423. The fourth-order valence-corrected chi connectivity index (χ4v) is 1.21. The fourth-order valence-electron chi connectivity index (χ4n) is 1.21. The van der Waals surface area contributed by atoms with Crippen LogP contribution in [0.15, 0.2) is 0 Å². The molecular formula is C10H17F3N2O3. The zero-order valence-corrected chi connectivity index (χ0v) is 10.4. The first-order valence-electron chi connectivity index (χ1n) is 5.32. The normalized spacial score (nSPS) is 16.8. The molecule has 0 aromatic carbocycles. The summed E-state index contributed by atoms with van der Waals surface area (Å²) >= 11 is 0. The van der Waals surface area contributed by atoms with E-state index in [0.29, 0.717) is 6.92 Å². The van der Waals surface area contributed by atoms with E-state index in [1.54, 1.807) is 0 Å². The molecule has 2 atom stereocenters. The lowest BCUT2D eigenvalue weighted by molar-refractivity contribution is -0.193. The highest BCUT2D eigenvalue weighted by atomic mass is 19.4. The lowest BCUT2D eigenvalue weighted by Gasteiger charge is -2.33. The van der Waals surface area contributed by atoms with E-state index in [9.17, 15) is 22.8 Å². The molecule has 0 fully saturated rings. The van der Waals surface area contributed by atoms with Crippen LogP contribution in [0, 0.1) is 5.92 Å². The SMILES string of the molecule is CCN(CC(C)C(=O)O)C(=O)C(C)(N)C(F)(F)F. The molecule has 0 bridgehead atoms. The Bertz CT molecular complexity index is 329. The summed E-state index contributed by atoms with van der Waals surface area (Å²) in [6.45, 7) is 2.98. The van der Waals surface area contributed by atoms with Gasteiger partial charge in [0, 0.05) is 13.1 Å². The second-order valence-electron chi connectivity index (χ2n) is 4.28. The van der Waals surface area contributed by atoms with Crippen LogP contribution in [0.4, 0.5) is 13.2 Å². The minimum atomic E-state index is -4.88. The van der Waals surface area contributed by atoms with Crippen molar-refractivity contribution in [1.29, 1.82) is 0 Å². The first-order valence-corrected chi connectivity index (χ1v) is 5.32. The van der Waals surface area contributed by atoms with E-state index in [2.05, 4.69) is 0 Å². The summed E-state index contributed by atoms with van der Waals surface area (Å²) < 4.78 is 37.8. The number of carbonyl (C=O) groups is 2. The topological polar surface area (TPSA) is 83.6 Å². The second kappa shape index (κ2) is 5.55. The quantitative estimate of drug-likeness (QED) is 0.775. The maximum Gasteiger partial charge on any atom is 0.415 e. The van der Waals surface area contributed by atoms with Gasteiger partial charge in [-0.25, -0.2) is 0 Å². The third-order valence-corrected chi connectivity index (χ3v) is 2.62. The predicted octanol–water partition coefficient (Wildman–Crippen LogP) is 0.835. The maximum atomic E-state index is 12.6. The fraction of sp³-hybridized carbons (Fsp3) is 0.800. The molecule has 0 radical (unpaired) electrons. The predicted molar refractivity (Wildman–Crippen MR) is 57.7 cm³/mol. The summed E-state index contributed by atoms with van der Waals surface area (Å²) in [4.78, 5) is 23.1. The molecule has 1 amide bonds. The molecule has 0 heterocycles. The second-order valence-corrected chi connectivity index (χ2v) is 4.28. The summed E-state index contributed by atoms with van der Waals surface area (Å²) in [6, 6.07) is 0. The highest BCUT2D eigenvalue weighted by Gasteiger charge is 2.55. The van der Waals surface area contributed by atoms with Crippen LogP contribution in [0.1, 0.15) is 20.8 Å². The van der Waals surface area contributed by atoms with E-state index in [-0.39, 0.29) is 13.1 Å². The van der Waals surface area contributed by atoms with Crippen LogP contribution in [0.3, 0.4) is 0 Å². The number of halogens is 3. The smallest absolute Gasteiger partial charge is 0.415 e. The van der Waals surface area contributed by atoms with E-state index in [1.165, 1.54) is 13.8 Å². The Balaban J connectivity index is 4.98. The zero-order valence-electron chi connectivity index (χ0n) is 10.4. The Morgan fingerprint density at radius 2 is 1.83 bits per heavy atom. The van der Waals surface area contributed by atoms with Crippen molar-refractivity contribution in [3.63, 3.8) is 0 Å². The minimum Gasteiger partial charge on any atom is -0.481 e. The summed E-state index contributed by atoms with van der Waals surface area (Å²) in [6.07, 6.45) is -4.88. The Hall–Kier alpha value is -1.31. The van der Waals surface area contributed by atoms with Gasteiger partial charge in [0.15, 0.2) is 5.54 Å². The molecule has 8 heteroatoms. The van der Waals surface area contributed by atoms with E-state index in [4.69, 9.17) is 10.8 Å². The summed E-state index contributed by atoms with van der Waals surface area (Å²) in [5.74, 6) is -3.48. The molecule has 0 aromatic rings. The van der Waals surface area contributed by atoms with Crippen molar-refractivity contribution in [2.45, 2.75) is 32.5 Å². The van der Waals surface area contributed by atoms with E-state index in [1.807, 2.05) is 0 Å². The number of rotatable bonds is 5. The molecule has 18 heavy (non-hydrogen) atoms. The van der Waals surface area contributed by atoms with Crippen molar-refractivity contribution in [2.75, 3.05) is 13.1 Å². The molecule has 0 rings (SSSR count). The molecule has 0 saturated heterocycles. The van der Waals surface area contributed by atoms with Crippen molar-refractivity contribution in [3.05, 3.63) is 0 Å². The largest absolute Gasteiger partial charge is 0.481 e. The number of hydrogen-bond acceptors (Lipinski definition) is 3. The third kappa shape index (κ3) is 3.59. The first kappa shape index (κ1) is 16.7. The van der Waals surface area contributed by atoms with Crippen LogP contribution in [0.2, 0.25) is 0 Å². The number of amides is 1. The Kier molecular flexibility index (Phi) is 5.15. The zero-order chi connectivity index (χ0) is 14.7. The standard InChI is InChI=1S/C10H17F3N2O3/c1-4-15(5-6(2)7(16)17)8(18)9(3,14)10(11,12)13/h6H,4-5,14H2,1-3H3,(H,16,17). The molecule has 3 N–H and O–H groups in total. The van der Waals surface area contributed by atoms with Gasteiger partial charge in [0.25, 0.3) is 5.91 Å². The molecule has 5 nitrogen and oxygen atoms in total. The Labute approximate surface area is 103 Å². The average molecular weight is 270 g/mol. The van der Waals surface area contributed by atoms with Crippen LogP contribution in [-0.4, -0.2) is 46.7 Å². The lowest BCUT2D eigenvalue weighted by atomic mass is 10.0. The molecule has 0 saturated carbocycles. The van der Waals surface area contributed by atoms with Gasteiger partial charge in [0.2, 0.25) is 0 Å². The first-order chi connectivity index (χ1) is 7.95. The summed E-state index contributed by atoms with van der Waals surface area (Å²) in [7, 11) is 0. The molecule has 106 valence electrons.